The Morgan fingerprint density at radius 1 is 0.962 bits per heavy atom. The molecule has 0 spiro atoms. The average molecular weight is 354 g/mol. The van der Waals surface area contributed by atoms with Gasteiger partial charge in [0.05, 0.1) is 5.92 Å². The highest BCUT2D eigenvalue weighted by atomic mass is 16.4. The number of aliphatic carboxylic acids is 1. The molecular formula is C23H31NO2. The third-order valence-electron chi connectivity index (χ3n) is 5.19. The molecule has 0 saturated carbocycles. The summed E-state index contributed by atoms with van der Waals surface area (Å²) < 4.78 is 0. The smallest absolute Gasteiger partial charge is 0.308 e. The lowest BCUT2D eigenvalue weighted by Crippen LogP contribution is -2.47. The van der Waals surface area contributed by atoms with Gasteiger partial charge in [-0.2, -0.15) is 0 Å². The number of carboxylic acid groups (broad SMARTS) is 1. The van der Waals surface area contributed by atoms with Crippen LogP contribution in [-0.4, -0.2) is 22.0 Å². The quantitative estimate of drug-likeness (QED) is 0.726. The van der Waals surface area contributed by atoms with Crippen molar-refractivity contribution in [1.82, 2.24) is 4.90 Å². The highest BCUT2D eigenvalue weighted by molar-refractivity contribution is 5.71. The molecule has 0 aliphatic carbocycles. The predicted octanol–water partition coefficient (Wildman–Crippen LogP) is 5.39. The third kappa shape index (κ3) is 4.95. The zero-order chi connectivity index (χ0) is 19.3. The first-order valence-electron chi connectivity index (χ1n) is 9.29. The average Bonchev–Trinajstić information content (AvgIpc) is 2.59. The van der Waals surface area contributed by atoms with Crippen molar-refractivity contribution in [2.45, 2.75) is 53.2 Å². The van der Waals surface area contributed by atoms with Crippen LogP contribution in [0.3, 0.4) is 0 Å². The molecule has 2 aromatic carbocycles. The predicted molar refractivity (Wildman–Crippen MR) is 107 cm³/mol. The van der Waals surface area contributed by atoms with Gasteiger partial charge in [-0.25, -0.2) is 0 Å². The van der Waals surface area contributed by atoms with E-state index < -0.39 is 11.9 Å². The van der Waals surface area contributed by atoms with E-state index in [0.717, 1.165) is 6.54 Å². The maximum absolute atomic E-state index is 12.1. The number of carboxylic acids is 1. The van der Waals surface area contributed by atoms with E-state index in [-0.39, 0.29) is 17.5 Å². The molecule has 2 rings (SSSR count). The molecule has 0 radical (unpaired) electrons. The largest absolute Gasteiger partial charge is 0.481 e. The van der Waals surface area contributed by atoms with Crippen LogP contribution in [0, 0.1) is 11.3 Å². The van der Waals surface area contributed by atoms with Gasteiger partial charge in [0.15, 0.2) is 0 Å². The minimum absolute atomic E-state index is 0.108. The van der Waals surface area contributed by atoms with Crippen LogP contribution in [0.4, 0.5) is 0 Å². The molecule has 0 amide bonds. The molecule has 0 saturated heterocycles. The summed E-state index contributed by atoms with van der Waals surface area (Å²) in [5.41, 5.74) is 2.07. The van der Waals surface area contributed by atoms with Gasteiger partial charge in [0.2, 0.25) is 0 Å². The molecule has 0 heterocycles. The molecule has 0 fully saturated rings. The van der Waals surface area contributed by atoms with Crippen LogP contribution in [0.5, 0.6) is 0 Å². The van der Waals surface area contributed by atoms with Crippen molar-refractivity contribution < 1.29 is 9.90 Å². The highest BCUT2D eigenvalue weighted by Gasteiger charge is 2.40. The minimum Gasteiger partial charge on any atom is -0.481 e. The Bertz CT molecular complexity index is 691. The number of benzene rings is 2. The lowest BCUT2D eigenvalue weighted by atomic mass is 9.75. The first-order chi connectivity index (χ1) is 12.2. The second-order valence-electron chi connectivity index (χ2n) is 8.17. The number of rotatable bonds is 7. The van der Waals surface area contributed by atoms with Crippen molar-refractivity contribution in [2.24, 2.45) is 11.3 Å². The fourth-order valence-electron chi connectivity index (χ4n) is 3.84. The number of hydrogen-bond acceptors (Lipinski definition) is 2. The van der Waals surface area contributed by atoms with Crippen molar-refractivity contribution in [3.8, 4) is 0 Å². The Kier molecular flexibility index (Phi) is 6.60. The topological polar surface area (TPSA) is 40.5 Å². The summed E-state index contributed by atoms with van der Waals surface area (Å²) in [6, 6.07) is 20.6. The molecule has 0 aliphatic rings. The summed E-state index contributed by atoms with van der Waals surface area (Å²) in [6.07, 6.45) is 0. The normalized spacial score (nSPS) is 15.5. The lowest BCUT2D eigenvalue weighted by Gasteiger charge is -2.42. The fraction of sp³-hybridized carbons (Fsp3) is 0.435. The van der Waals surface area contributed by atoms with Crippen LogP contribution < -0.4 is 0 Å². The SMILES string of the molecule is C[C@H](c1ccccc1)N(Cc1ccccc1)[C@H](C)C(C(=O)O)C(C)(C)C. The second-order valence-corrected chi connectivity index (χ2v) is 8.17. The molecule has 3 atom stereocenters. The van der Waals surface area contributed by atoms with Crippen molar-refractivity contribution in [2.75, 3.05) is 0 Å². The zero-order valence-corrected chi connectivity index (χ0v) is 16.5. The number of carbonyl (C=O) groups is 1. The van der Waals surface area contributed by atoms with E-state index in [1.54, 1.807) is 0 Å². The standard InChI is InChI=1S/C23H31NO2/c1-17(20-14-10-7-11-15-20)24(16-19-12-8-6-9-13-19)18(2)21(22(25)26)23(3,4)5/h6-15,17-18,21H,16H2,1-5H3,(H,25,26)/t17-,18-,21?/m1/s1. The Labute approximate surface area is 157 Å². The Morgan fingerprint density at radius 3 is 1.92 bits per heavy atom. The molecule has 3 heteroatoms. The van der Waals surface area contributed by atoms with Gasteiger partial charge in [-0.05, 0) is 30.4 Å². The van der Waals surface area contributed by atoms with Gasteiger partial charge in [-0.1, -0.05) is 81.4 Å². The van der Waals surface area contributed by atoms with E-state index in [1.165, 1.54) is 11.1 Å². The summed E-state index contributed by atoms with van der Waals surface area (Å²) in [6.45, 7) is 11.0. The molecule has 3 nitrogen and oxygen atoms in total. The molecule has 140 valence electrons. The van der Waals surface area contributed by atoms with Gasteiger partial charge in [-0.15, -0.1) is 0 Å². The van der Waals surface area contributed by atoms with Crippen LogP contribution in [0.1, 0.15) is 51.8 Å². The Morgan fingerprint density at radius 2 is 1.46 bits per heavy atom. The Balaban J connectivity index is 2.40. The van der Waals surface area contributed by atoms with Gasteiger partial charge in [0.1, 0.15) is 0 Å². The highest BCUT2D eigenvalue weighted by Crippen LogP contribution is 2.35. The van der Waals surface area contributed by atoms with Crippen molar-refractivity contribution in [3.05, 3.63) is 71.8 Å². The summed E-state index contributed by atoms with van der Waals surface area (Å²) >= 11 is 0. The van der Waals surface area contributed by atoms with Crippen LogP contribution in [-0.2, 0) is 11.3 Å². The lowest BCUT2D eigenvalue weighted by molar-refractivity contribution is -0.149. The molecule has 26 heavy (non-hydrogen) atoms. The van der Waals surface area contributed by atoms with E-state index in [9.17, 15) is 9.90 Å². The summed E-state index contributed by atoms with van der Waals surface area (Å²) in [5, 5.41) is 9.92. The molecule has 1 N–H and O–H groups in total. The van der Waals surface area contributed by atoms with Crippen molar-refractivity contribution >= 4 is 5.97 Å². The van der Waals surface area contributed by atoms with E-state index in [4.69, 9.17) is 0 Å². The van der Waals surface area contributed by atoms with E-state index >= 15 is 0 Å². The molecule has 2 aromatic rings. The third-order valence-corrected chi connectivity index (χ3v) is 5.19. The Hall–Kier alpha value is -2.13. The maximum atomic E-state index is 12.1. The molecule has 0 aromatic heterocycles. The first-order valence-corrected chi connectivity index (χ1v) is 9.29. The summed E-state index contributed by atoms with van der Waals surface area (Å²) in [7, 11) is 0. The summed E-state index contributed by atoms with van der Waals surface area (Å²) in [5.74, 6) is -1.19. The van der Waals surface area contributed by atoms with Crippen LogP contribution in [0.15, 0.2) is 60.7 Å². The summed E-state index contributed by atoms with van der Waals surface area (Å²) in [4.78, 5) is 14.4. The van der Waals surface area contributed by atoms with Crippen LogP contribution >= 0.6 is 0 Å². The second kappa shape index (κ2) is 8.50. The monoisotopic (exact) mass is 353 g/mol. The van der Waals surface area contributed by atoms with Crippen molar-refractivity contribution in [3.63, 3.8) is 0 Å². The number of hydrogen-bond donors (Lipinski definition) is 1. The van der Waals surface area contributed by atoms with Crippen LogP contribution in [0.25, 0.3) is 0 Å². The molecular weight excluding hydrogens is 322 g/mol. The van der Waals surface area contributed by atoms with Gasteiger partial charge in [0, 0.05) is 18.6 Å². The number of nitrogens with zero attached hydrogens (tertiary/aromatic N) is 1. The molecule has 0 aliphatic heterocycles. The van der Waals surface area contributed by atoms with Gasteiger partial charge < -0.3 is 5.11 Å². The zero-order valence-electron chi connectivity index (χ0n) is 16.5. The van der Waals surface area contributed by atoms with E-state index in [2.05, 4.69) is 36.1 Å². The van der Waals surface area contributed by atoms with Crippen LogP contribution in [0.2, 0.25) is 0 Å². The molecule has 1 unspecified atom stereocenters. The minimum atomic E-state index is -0.733. The van der Waals surface area contributed by atoms with E-state index in [1.807, 2.05) is 64.1 Å². The van der Waals surface area contributed by atoms with E-state index in [0.29, 0.717) is 0 Å². The molecule has 0 bridgehead atoms. The van der Waals surface area contributed by atoms with Crippen molar-refractivity contribution in [1.29, 1.82) is 0 Å². The van der Waals surface area contributed by atoms with Gasteiger partial charge >= 0.3 is 5.97 Å². The maximum Gasteiger partial charge on any atom is 0.308 e. The fourth-order valence-corrected chi connectivity index (χ4v) is 3.84. The van der Waals surface area contributed by atoms with Gasteiger partial charge in [0.25, 0.3) is 0 Å². The first kappa shape index (κ1) is 20.2. The van der Waals surface area contributed by atoms with Gasteiger partial charge in [-0.3, -0.25) is 9.69 Å².